The molecule has 0 bridgehead atoms. The maximum Gasteiger partial charge on any atom is 0.0891 e. The van der Waals surface area contributed by atoms with E-state index in [1.54, 1.807) is 0 Å². The number of nitrogens with one attached hydrogen (secondary N) is 2. The molecule has 0 aliphatic heterocycles. The van der Waals surface area contributed by atoms with Gasteiger partial charge in [0.15, 0.2) is 0 Å². The molecule has 1 aromatic carbocycles. The highest BCUT2D eigenvalue weighted by molar-refractivity contribution is 6.32. The fourth-order valence-corrected chi connectivity index (χ4v) is 3.17. The predicted octanol–water partition coefficient (Wildman–Crippen LogP) is 6.70. The summed E-state index contributed by atoms with van der Waals surface area (Å²) in [6.45, 7) is 21.3. The van der Waals surface area contributed by atoms with Crippen LogP contribution in [-0.2, 0) is 0 Å². The number of allylic oxidation sites excluding steroid dienone is 2. The van der Waals surface area contributed by atoms with Crippen LogP contribution in [0.2, 0.25) is 5.02 Å². The molecule has 3 nitrogen and oxygen atoms in total. The second-order valence-electron chi connectivity index (χ2n) is 7.79. The summed E-state index contributed by atoms with van der Waals surface area (Å²) in [6.07, 6.45) is 5.19. The number of benzene rings is 1. The molecule has 4 heteroatoms. The van der Waals surface area contributed by atoms with Gasteiger partial charge in [0.05, 0.1) is 11.8 Å². The molecule has 3 N–H and O–H groups in total. The van der Waals surface area contributed by atoms with E-state index >= 15 is 0 Å². The lowest BCUT2D eigenvalue weighted by atomic mass is 9.98. The average molecular weight is 417 g/mol. The number of aliphatic hydroxyl groups is 1. The second kappa shape index (κ2) is 11.9. The van der Waals surface area contributed by atoms with Crippen LogP contribution in [0.1, 0.15) is 56.8 Å². The summed E-state index contributed by atoms with van der Waals surface area (Å²) in [5, 5.41) is 17.4. The van der Waals surface area contributed by atoms with Gasteiger partial charge in [-0.2, -0.15) is 0 Å². The van der Waals surface area contributed by atoms with Gasteiger partial charge in [-0.25, -0.2) is 0 Å². The number of aryl methyl sites for hydroxylation is 2. The van der Waals surface area contributed by atoms with Crippen molar-refractivity contribution in [2.45, 2.75) is 54.0 Å². The number of rotatable bonds is 11. The van der Waals surface area contributed by atoms with Gasteiger partial charge in [-0.3, -0.25) is 0 Å². The van der Waals surface area contributed by atoms with Crippen LogP contribution in [0.4, 0.5) is 0 Å². The normalized spacial score (nSPS) is 14.4. The van der Waals surface area contributed by atoms with Gasteiger partial charge < -0.3 is 15.7 Å². The van der Waals surface area contributed by atoms with Crippen molar-refractivity contribution in [2.75, 3.05) is 13.1 Å². The highest BCUT2D eigenvalue weighted by Crippen LogP contribution is 2.27. The van der Waals surface area contributed by atoms with Crippen molar-refractivity contribution in [1.82, 2.24) is 10.6 Å². The van der Waals surface area contributed by atoms with Crippen LogP contribution < -0.4 is 10.6 Å². The molecule has 0 spiro atoms. The van der Waals surface area contributed by atoms with E-state index < -0.39 is 0 Å². The van der Waals surface area contributed by atoms with E-state index in [1.165, 1.54) is 5.56 Å². The van der Waals surface area contributed by atoms with Crippen molar-refractivity contribution < 1.29 is 5.11 Å². The molecule has 1 aromatic rings. The molecule has 0 heterocycles. The van der Waals surface area contributed by atoms with Crippen LogP contribution in [0.5, 0.6) is 0 Å². The molecule has 29 heavy (non-hydrogen) atoms. The van der Waals surface area contributed by atoms with Crippen molar-refractivity contribution in [3.8, 4) is 0 Å². The lowest BCUT2D eigenvalue weighted by Crippen LogP contribution is -2.25. The summed E-state index contributed by atoms with van der Waals surface area (Å²) >= 11 is 6.35. The molecule has 160 valence electrons. The van der Waals surface area contributed by atoms with Gasteiger partial charge in [-0.05, 0) is 62.5 Å². The minimum Gasteiger partial charge on any atom is -0.513 e. The Bertz CT molecular complexity index is 769. The number of hydrogen-bond acceptors (Lipinski definition) is 3. The smallest absolute Gasteiger partial charge is 0.0891 e. The zero-order valence-electron chi connectivity index (χ0n) is 18.8. The Labute approximate surface area is 182 Å². The van der Waals surface area contributed by atoms with Gasteiger partial charge in [-0.1, -0.05) is 62.4 Å². The first-order chi connectivity index (χ1) is 13.6. The molecule has 0 unspecified atom stereocenters. The minimum absolute atomic E-state index is 0.0153. The predicted molar refractivity (Wildman–Crippen MR) is 128 cm³/mol. The number of hydrogen-bond donors (Lipinski definition) is 3. The summed E-state index contributed by atoms with van der Waals surface area (Å²) in [6, 6.07) is 4.53. The molecule has 0 fully saturated rings. The summed E-state index contributed by atoms with van der Waals surface area (Å²) < 4.78 is 0. The molecule has 2 atom stereocenters. The zero-order chi connectivity index (χ0) is 22.1. The molecule has 0 saturated carbocycles. The Hall–Kier alpha value is -1.97. The molecular formula is C25H37ClN2O. The molecule has 1 rings (SSSR count). The van der Waals surface area contributed by atoms with Crippen molar-refractivity contribution in [2.24, 2.45) is 5.92 Å². The first-order valence-electron chi connectivity index (χ1n) is 10.2. The Morgan fingerprint density at radius 3 is 2.28 bits per heavy atom. The van der Waals surface area contributed by atoms with E-state index in [1.807, 2.05) is 20.8 Å². The largest absolute Gasteiger partial charge is 0.513 e. The second-order valence-corrected chi connectivity index (χ2v) is 8.17. The van der Waals surface area contributed by atoms with Gasteiger partial charge in [0, 0.05) is 29.7 Å². The van der Waals surface area contributed by atoms with Crippen molar-refractivity contribution in [3.63, 3.8) is 0 Å². The van der Waals surface area contributed by atoms with Crippen molar-refractivity contribution >= 4 is 11.6 Å². The van der Waals surface area contributed by atoms with Gasteiger partial charge in [-0.15, -0.1) is 0 Å². The summed E-state index contributed by atoms with van der Waals surface area (Å²) in [7, 11) is 0. The highest BCUT2D eigenvalue weighted by atomic mass is 35.5. The Kier molecular flexibility index (Phi) is 10.3. The Morgan fingerprint density at radius 1 is 1.24 bits per heavy atom. The fraction of sp³-hybridized carbons (Fsp3) is 0.440. The quantitative estimate of drug-likeness (QED) is 0.277. The lowest BCUT2D eigenvalue weighted by Gasteiger charge is -2.22. The average Bonchev–Trinajstić information content (AvgIpc) is 2.67. The molecule has 0 saturated heterocycles. The number of halogens is 1. The van der Waals surface area contributed by atoms with E-state index in [4.69, 9.17) is 11.6 Å². The van der Waals surface area contributed by atoms with Crippen LogP contribution in [0.3, 0.4) is 0 Å². The van der Waals surface area contributed by atoms with Crippen molar-refractivity contribution in [1.29, 1.82) is 0 Å². The van der Waals surface area contributed by atoms with Crippen LogP contribution >= 0.6 is 11.6 Å². The van der Waals surface area contributed by atoms with E-state index in [0.717, 1.165) is 39.4 Å². The van der Waals surface area contributed by atoms with Crippen LogP contribution in [0.25, 0.3) is 0 Å². The Balaban J connectivity index is 2.97. The zero-order valence-corrected chi connectivity index (χ0v) is 19.6. The maximum absolute atomic E-state index is 9.48. The summed E-state index contributed by atoms with van der Waals surface area (Å²) in [5.41, 5.74) is 6.64. The first-order valence-corrected chi connectivity index (χ1v) is 10.6. The molecule has 0 radical (unpaired) electrons. The van der Waals surface area contributed by atoms with E-state index in [9.17, 15) is 5.11 Å². The van der Waals surface area contributed by atoms with Gasteiger partial charge in [0.2, 0.25) is 0 Å². The highest BCUT2D eigenvalue weighted by Gasteiger charge is 2.13. The van der Waals surface area contributed by atoms with Gasteiger partial charge in [0.1, 0.15) is 0 Å². The molecule has 0 aromatic heterocycles. The molecule has 0 aliphatic rings. The third kappa shape index (κ3) is 7.75. The standard InChI is InChI=1S/C25H37ClN2O/c1-9-23(13-22(16(3)4)15-27-14-19(7)20(8)29)28-24(10-2)21-11-17(5)25(26)18(6)12-21/h9,11-13,19,24,27-29H,3,8,10,14-15H2,1-2,4-7H3/b22-13-,23-9+/t19-,24-/m1/s1. The molecule has 0 aliphatic carbocycles. The summed E-state index contributed by atoms with van der Waals surface area (Å²) in [5.74, 6) is 0.218. The third-order valence-corrected chi connectivity index (χ3v) is 5.73. The fourth-order valence-electron chi connectivity index (χ4n) is 3.07. The lowest BCUT2D eigenvalue weighted by molar-refractivity contribution is 0.338. The summed E-state index contributed by atoms with van der Waals surface area (Å²) in [4.78, 5) is 0. The Morgan fingerprint density at radius 2 is 1.83 bits per heavy atom. The van der Waals surface area contributed by atoms with Crippen LogP contribution in [-0.4, -0.2) is 18.2 Å². The van der Waals surface area contributed by atoms with Crippen LogP contribution in [0, 0.1) is 19.8 Å². The minimum atomic E-state index is 0.0153. The molecular weight excluding hydrogens is 380 g/mol. The van der Waals surface area contributed by atoms with E-state index in [2.05, 4.69) is 68.8 Å². The van der Waals surface area contributed by atoms with Crippen LogP contribution in [0.15, 0.2) is 60.0 Å². The third-order valence-electron chi connectivity index (χ3n) is 5.13. The van der Waals surface area contributed by atoms with Gasteiger partial charge in [0.25, 0.3) is 0 Å². The maximum atomic E-state index is 9.48. The van der Waals surface area contributed by atoms with E-state index in [-0.39, 0.29) is 17.7 Å². The van der Waals surface area contributed by atoms with E-state index in [0.29, 0.717) is 13.1 Å². The number of aliphatic hydroxyl groups excluding tert-OH is 1. The first kappa shape index (κ1) is 25.1. The monoisotopic (exact) mass is 416 g/mol. The van der Waals surface area contributed by atoms with Crippen molar-refractivity contribution in [3.05, 3.63) is 81.8 Å². The van der Waals surface area contributed by atoms with Gasteiger partial charge >= 0.3 is 0 Å². The molecule has 0 amide bonds. The SMILES string of the molecule is C=C(C)/C(=C\C(=C/C)N[C@H](CC)c1cc(C)c(Cl)c(C)c1)CNC[C@@H](C)C(=C)O. The topological polar surface area (TPSA) is 44.3 Å².